The summed E-state index contributed by atoms with van der Waals surface area (Å²) >= 11 is 0. The Morgan fingerprint density at radius 1 is 1.00 bits per heavy atom. The molecule has 0 atom stereocenters. The summed E-state index contributed by atoms with van der Waals surface area (Å²) in [5.74, 6) is -0.761. The maximum atomic E-state index is 12.5. The normalized spacial score (nSPS) is 11.7. The molecule has 0 radical (unpaired) electrons. The second kappa shape index (κ2) is 6.48. The Morgan fingerprint density at radius 3 is 2.38 bits per heavy atom. The summed E-state index contributed by atoms with van der Waals surface area (Å²) in [5, 5.41) is 39.9. The summed E-state index contributed by atoms with van der Waals surface area (Å²) in [7, 11) is 0. The minimum Gasteiger partial charge on any atom is -0.508 e. The number of rotatable bonds is 3. The molecule has 26 heavy (non-hydrogen) atoms. The summed E-state index contributed by atoms with van der Waals surface area (Å²) < 4.78 is 5.61. The average Bonchev–Trinajstić information content (AvgIpc) is 2.53. The van der Waals surface area contributed by atoms with Gasteiger partial charge in [0.25, 0.3) is 0 Å². The third kappa shape index (κ3) is 3.09. The van der Waals surface area contributed by atoms with Crippen LogP contribution < -0.4 is 5.43 Å². The van der Waals surface area contributed by atoms with Crippen molar-refractivity contribution < 1.29 is 24.8 Å². The fourth-order valence-electron chi connectivity index (χ4n) is 2.62. The molecule has 134 valence electrons. The minimum absolute atomic E-state index is 0.0170. The van der Waals surface area contributed by atoms with E-state index < -0.39 is 5.43 Å². The van der Waals surface area contributed by atoms with Crippen molar-refractivity contribution in [2.24, 2.45) is 5.92 Å². The van der Waals surface area contributed by atoms with Gasteiger partial charge in [-0.25, -0.2) is 0 Å². The van der Waals surface area contributed by atoms with Gasteiger partial charge in [0.2, 0.25) is 0 Å². The maximum Gasteiger partial charge on any atom is 0.197 e. The topological polar surface area (TPSA) is 111 Å². The smallest absolute Gasteiger partial charge is 0.197 e. The molecule has 0 amide bonds. The van der Waals surface area contributed by atoms with Crippen molar-refractivity contribution in [3.63, 3.8) is 0 Å². The number of hydrogen-bond acceptors (Lipinski definition) is 6. The van der Waals surface area contributed by atoms with Gasteiger partial charge >= 0.3 is 0 Å². The highest BCUT2D eigenvalue weighted by Crippen LogP contribution is 2.38. The summed E-state index contributed by atoms with van der Waals surface area (Å²) in [6.45, 7) is 3.88. The third-order valence-electron chi connectivity index (χ3n) is 3.91. The molecule has 0 aliphatic rings. The molecule has 1 heterocycles. The Hall–Kier alpha value is -3.41. The molecule has 6 heteroatoms. The zero-order valence-corrected chi connectivity index (χ0v) is 14.2. The average molecular weight is 354 g/mol. The lowest BCUT2D eigenvalue weighted by Gasteiger charge is -2.09. The van der Waals surface area contributed by atoms with Gasteiger partial charge in [0, 0.05) is 18.2 Å². The molecule has 0 aliphatic carbocycles. The van der Waals surface area contributed by atoms with Crippen molar-refractivity contribution in [2.75, 3.05) is 0 Å². The van der Waals surface area contributed by atoms with Crippen molar-refractivity contribution in [1.29, 1.82) is 0 Å². The van der Waals surface area contributed by atoms with Crippen LogP contribution in [0.5, 0.6) is 23.0 Å². The number of phenols is 4. The number of allylic oxidation sites excluding steroid dienone is 1. The molecule has 0 fully saturated rings. The second-order valence-electron chi connectivity index (χ2n) is 6.31. The van der Waals surface area contributed by atoms with Crippen LogP contribution in [-0.2, 0) is 0 Å². The van der Waals surface area contributed by atoms with E-state index in [0.717, 1.165) is 12.1 Å². The van der Waals surface area contributed by atoms with E-state index >= 15 is 0 Å². The zero-order chi connectivity index (χ0) is 19.0. The van der Waals surface area contributed by atoms with E-state index in [-0.39, 0.29) is 56.8 Å². The predicted molar refractivity (Wildman–Crippen MR) is 98.5 cm³/mol. The van der Waals surface area contributed by atoms with Crippen LogP contribution in [0.3, 0.4) is 0 Å². The Bertz CT molecular complexity index is 1080. The highest BCUT2D eigenvalue weighted by molar-refractivity contribution is 5.91. The van der Waals surface area contributed by atoms with Crippen LogP contribution in [0.15, 0.2) is 45.6 Å². The molecule has 0 aliphatic heterocycles. The molecule has 6 nitrogen and oxygen atoms in total. The van der Waals surface area contributed by atoms with Crippen LogP contribution in [0.25, 0.3) is 28.4 Å². The quantitative estimate of drug-likeness (QED) is 0.567. The van der Waals surface area contributed by atoms with Gasteiger partial charge < -0.3 is 24.8 Å². The third-order valence-corrected chi connectivity index (χ3v) is 3.91. The van der Waals surface area contributed by atoms with Gasteiger partial charge in [-0.1, -0.05) is 26.0 Å². The largest absolute Gasteiger partial charge is 0.508 e. The fraction of sp³-hybridized carbons (Fsp3) is 0.150. The molecule has 1 aromatic heterocycles. The summed E-state index contributed by atoms with van der Waals surface area (Å²) in [6.07, 6.45) is 3.33. The van der Waals surface area contributed by atoms with Gasteiger partial charge in [0.15, 0.2) is 5.43 Å². The molecule has 0 saturated heterocycles. The molecule has 3 rings (SSSR count). The number of fused-ring (bicyclic) bond motifs is 1. The molecule has 2 aromatic carbocycles. The highest BCUT2D eigenvalue weighted by Gasteiger charge is 2.18. The summed E-state index contributed by atoms with van der Waals surface area (Å²) in [4.78, 5) is 12.5. The SMILES string of the molecule is CC(C)/C=C/c1c(O)cc2oc(-c3ccc(O)cc3O)cc(=O)c2c1O. The van der Waals surface area contributed by atoms with E-state index in [9.17, 15) is 25.2 Å². The Labute approximate surface area is 148 Å². The van der Waals surface area contributed by atoms with Gasteiger partial charge in [0.1, 0.15) is 39.7 Å². The van der Waals surface area contributed by atoms with E-state index in [4.69, 9.17) is 4.42 Å². The second-order valence-corrected chi connectivity index (χ2v) is 6.31. The number of hydrogen-bond donors (Lipinski definition) is 4. The first-order valence-corrected chi connectivity index (χ1v) is 8.01. The lowest BCUT2D eigenvalue weighted by molar-refractivity contribution is 0.449. The van der Waals surface area contributed by atoms with Gasteiger partial charge in [-0.2, -0.15) is 0 Å². The first-order valence-electron chi connectivity index (χ1n) is 8.01. The van der Waals surface area contributed by atoms with Crippen molar-refractivity contribution in [2.45, 2.75) is 13.8 Å². The summed E-state index contributed by atoms with van der Waals surface area (Å²) in [5.41, 5.74) is -0.203. The van der Waals surface area contributed by atoms with Crippen LogP contribution in [0.1, 0.15) is 19.4 Å². The van der Waals surface area contributed by atoms with Gasteiger partial charge in [-0.05, 0) is 18.1 Å². The number of aromatic hydroxyl groups is 4. The lowest BCUT2D eigenvalue weighted by atomic mass is 10.0. The minimum atomic E-state index is -0.523. The van der Waals surface area contributed by atoms with Crippen LogP contribution in [0.4, 0.5) is 0 Å². The molecule has 0 bridgehead atoms. The van der Waals surface area contributed by atoms with Crippen LogP contribution >= 0.6 is 0 Å². The molecule has 3 aromatic rings. The summed E-state index contributed by atoms with van der Waals surface area (Å²) in [6, 6.07) is 6.25. The monoisotopic (exact) mass is 354 g/mol. The molecule has 4 N–H and O–H groups in total. The van der Waals surface area contributed by atoms with E-state index in [0.29, 0.717) is 0 Å². The molecule has 0 saturated carbocycles. The van der Waals surface area contributed by atoms with Crippen molar-refractivity contribution in [3.8, 4) is 34.3 Å². The van der Waals surface area contributed by atoms with E-state index in [1.807, 2.05) is 13.8 Å². The standard InChI is InChI=1S/C20H18O6/c1-10(2)3-5-13-15(23)8-18-19(20(13)25)16(24)9-17(26-18)12-6-4-11(21)7-14(12)22/h3-10,21-23,25H,1-2H3/b5-3+. The van der Waals surface area contributed by atoms with E-state index in [2.05, 4.69) is 0 Å². The Morgan fingerprint density at radius 2 is 1.73 bits per heavy atom. The van der Waals surface area contributed by atoms with E-state index in [1.165, 1.54) is 18.2 Å². The predicted octanol–water partition coefficient (Wildman–Crippen LogP) is 3.95. The van der Waals surface area contributed by atoms with Gasteiger partial charge in [-0.15, -0.1) is 0 Å². The first kappa shape index (κ1) is 17.4. The van der Waals surface area contributed by atoms with Crippen LogP contribution in [0.2, 0.25) is 0 Å². The maximum absolute atomic E-state index is 12.5. The Kier molecular flexibility index (Phi) is 4.34. The zero-order valence-electron chi connectivity index (χ0n) is 14.2. The van der Waals surface area contributed by atoms with E-state index in [1.54, 1.807) is 12.2 Å². The Balaban J connectivity index is 2.25. The van der Waals surface area contributed by atoms with Crippen LogP contribution in [-0.4, -0.2) is 20.4 Å². The highest BCUT2D eigenvalue weighted by atomic mass is 16.3. The number of phenolic OH excluding ortho intramolecular Hbond substituents is 4. The van der Waals surface area contributed by atoms with Gasteiger partial charge in [0.05, 0.1) is 11.1 Å². The first-order chi connectivity index (χ1) is 12.3. The number of benzene rings is 2. The van der Waals surface area contributed by atoms with Crippen LogP contribution in [0, 0.1) is 5.92 Å². The molecular weight excluding hydrogens is 336 g/mol. The van der Waals surface area contributed by atoms with Crippen molar-refractivity contribution in [3.05, 3.63) is 52.2 Å². The van der Waals surface area contributed by atoms with Gasteiger partial charge in [-0.3, -0.25) is 4.79 Å². The molecule has 0 spiro atoms. The molecular formula is C20H18O6. The van der Waals surface area contributed by atoms with Crippen molar-refractivity contribution in [1.82, 2.24) is 0 Å². The van der Waals surface area contributed by atoms with Crippen molar-refractivity contribution >= 4 is 17.0 Å². The molecule has 0 unspecified atom stereocenters. The fourth-order valence-corrected chi connectivity index (χ4v) is 2.62. The lowest BCUT2D eigenvalue weighted by Crippen LogP contribution is -2.02.